The number of rotatable bonds is 2. The van der Waals surface area contributed by atoms with E-state index in [4.69, 9.17) is 0 Å². The number of thioether (sulfide) groups is 1. The fourth-order valence-corrected chi connectivity index (χ4v) is 5.52. The zero-order valence-electron chi connectivity index (χ0n) is 14.1. The normalized spacial score (nSPS) is 25.1. The lowest BCUT2D eigenvalue weighted by Crippen LogP contribution is -2.48. The molecule has 0 spiro atoms. The molecule has 1 saturated carbocycles. The van der Waals surface area contributed by atoms with Crippen molar-refractivity contribution < 1.29 is 0 Å². The summed E-state index contributed by atoms with van der Waals surface area (Å²) in [5.74, 6) is 1.93. The molecule has 1 aliphatic carbocycles. The molecule has 2 fully saturated rings. The smallest absolute Gasteiger partial charge is 0.332 e. The van der Waals surface area contributed by atoms with Crippen LogP contribution in [0.1, 0.15) is 31.5 Å². The predicted molar refractivity (Wildman–Crippen MR) is 95.5 cm³/mol. The SMILES string of the molecule is Cn1c(=O)c2[nH]c(CN3CCS[C@H]4CCCC[C@H]43)nc2n(C)c1=O. The molecule has 3 heterocycles. The fraction of sp³-hybridized carbons (Fsp3) is 0.688. The Bertz CT molecular complexity index is 881. The highest BCUT2D eigenvalue weighted by Crippen LogP contribution is 2.36. The van der Waals surface area contributed by atoms with Crippen molar-refractivity contribution in [1.29, 1.82) is 0 Å². The van der Waals surface area contributed by atoms with Crippen molar-refractivity contribution in [2.45, 2.75) is 43.5 Å². The monoisotopic (exact) mass is 349 g/mol. The molecule has 2 aliphatic rings. The van der Waals surface area contributed by atoms with Gasteiger partial charge in [0.1, 0.15) is 11.3 Å². The van der Waals surface area contributed by atoms with E-state index in [-0.39, 0.29) is 11.2 Å². The van der Waals surface area contributed by atoms with Gasteiger partial charge in [-0.1, -0.05) is 12.8 Å². The molecule has 1 saturated heterocycles. The van der Waals surface area contributed by atoms with Crippen LogP contribution in [-0.2, 0) is 20.6 Å². The molecule has 0 bridgehead atoms. The van der Waals surface area contributed by atoms with E-state index >= 15 is 0 Å². The van der Waals surface area contributed by atoms with Gasteiger partial charge in [-0.15, -0.1) is 0 Å². The zero-order chi connectivity index (χ0) is 16.8. The molecule has 2 atom stereocenters. The first kappa shape index (κ1) is 16.0. The van der Waals surface area contributed by atoms with Crippen LogP contribution in [-0.4, -0.2) is 47.6 Å². The van der Waals surface area contributed by atoms with E-state index < -0.39 is 0 Å². The average molecular weight is 349 g/mol. The Hall–Kier alpha value is -1.54. The minimum absolute atomic E-state index is 0.309. The Balaban J connectivity index is 1.67. The Morgan fingerprint density at radius 1 is 1.21 bits per heavy atom. The highest BCUT2D eigenvalue weighted by atomic mass is 32.2. The first-order valence-corrected chi connectivity index (χ1v) is 9.61. The molecule has 1 N–H and O–H groups in total. The molecule has 7 nitrogen and oxygen atoms in total. The van der Waals surface area contributed by atoms with Crippen LogP contribution in [0.25, 0.3) is 11.2 Å². The van der Waals surface area contributed by atoms with E-state index in [2.05, 4.69) is 26.6 Å². The Morgan fingerprint density at radius 3 is 2.83 bits per heavy atom. The Morgan fingerprint density at radius 2 is 2.00 bits per heavy atom. The summed E-state index contributed by atoms with van der Waals surface area (Å²) in [6.07, 6.45) is 5.19. The maximum absolute atomic E-state index is 12.3. The van der Waals surface area contributed by atoms with Crippen LogP contribution in [0, 0.1) is 0 Å². The van der Waals surface area contributed by atoms with Crippen LogP contribution >= 0.6 is 11.8 Å². The van der Waals surface area contributed by atoms with Gasteiger partial charge < -0.3 is 4.98 Å². The fourth-order valence-electron chi connectivity index (χ4n) is 4.01. The summed E-state index contributed by atoms with van der Waals surface area (Å²) in [6.45, 7) is 1.77. The van der Waals surface area contributed by atoms with E-state index in [1.165, 1.54) is 37.3 Å². The van der Waals surface area contributed by atoms with Crippen LogP contribution in [0.3, 0.4) is 0 Å². The van der Waals surface area contributed by atoms with Crippen molar-refractivity contribution in [3.05, 3.63) is 26.7 Å². The third-order valence-corrected chi connectivity index (χ3v) is 6.74. The summed E-state index contributed by atoms with van der Waals surface area (Å²) in [4.78, 5) is 34.6. The number of aromatic nitrogens is 4. The van der Waals surface area contributed by atoms with Gasteiger partial charge in [0.2, 0.25) is 0 Å². The lowest BCUT2D eigenvalue weighted by atomic mass is 9.93. The van der Waals surface area contributed by atoms with Crippen LogP contribution in [0.4, 0.5) is 0 Å². The lowest BCUT2D eigenvalue weighted by molar-refractivity contribution is 0.152. The molecule has 0 radical (unpaired) electrons. The third-order valence-electron chi connectivity index (χ3n) is 5.34. The van der Waals surface area contributed by atoms with Crippen molar-refractivity contribution in [3.63, 3.8) is 0 Å². The first-order valence-electron chi connectivity index (χ1n) is 8.56. The van der Waals surface area contributed by atoms with Gasteiger partial charge in [0, 0.05) is 37.7 Å². The molecule has 2 aromatic heterocycles. The van der Waals surface area contributed by atoms with E-state index in [9.17, 15) is 9.59 Å². The number of fused-ring (bicyclic) bond motifs is 2. The largest absolute Gasteiger partial charge is 0.335 e. The number of aryl methyl sites for hydroxylation is 1. The van der Waals surface area contributed by atoms with Crippen molar-refractivity contribution in [1.82, 2.24) is 24.0 Å². The lowest BCUT2D eigenvalue weighted by Gasteiger charge is -2.43. The molecule has 4 rings (SSSR count). The van der Waals surface area contributed by atoms with E-state index in [0.717, 1.165) is 27.9 Å². The number of H-pyrrole nitrogens is 1. The molecule has 2 aromatic rings. The van der Waals surface area contributed by atoms with Crippen molar-refractivity contribution in [2.75, 3.05) is 12.3 Å². The summed E-state index contributed by atoms with van der Waals surface area (Å²) in [7, 11) is 3.16. The minimum Gasteiger partial charge on any atom is -0.335 e. The maximum Gasteiger partial charge on any atom is 0.332 e. The highest BCUT2D eigenvalue weighted by Gasteiger charge is 2.34. The van der Waals surface area contributed by atoms with Gasteiger partial charge in [-0.2, -0.15) is 11.8 Å². The van der Waals surface area contributed by atoms with Gasteiger partial charge in [0.05, 0.1) is 6.54 Å². The van der Waals surface area contributed by atoms with Crippen LogP contribution in [0.15, 0.2) is 9.59 Å². The summed E-state index contributed by atoms with van der Waals surface area (Å²) in [5, 5.41) is 0.731. The van der Waals surface area contributed by atoms with Crippen LogP contribution in [0.5, 0.6) is 0 Å². The van der Waals surface area contributed by atoms with Crippen molar-refractivity contribution >= 4 is 22.9 Å². The van der Waals surface area contributed by atoms with Crippen molar-refractivity contribution in [2.24, 2.45) is 14.1 Å². The van der Waals surface area contributed by atoms with Gasteiger partial charge in [0.25, 0.3) is 5.56 Å². The highest BCUT2D eigenvalue weighted by molar-refractivity contribution is 8.00. The number of hydrogen-bond acceptors (Lipinski definition) is 5. The van der Waals surface area contributed by atoms with Gasteiger partial charge in [-0.3, -0.25) is 18.8 Å². The number of aromatic amines is 1. The Kier molecular flexibility index (Phi) is 4.04. The second kappa shape index (κ2) is 6.07. The molecule has 24 heavy (non-hydrogen) atoms. The average Bonchev–Trinajstić information content (AvgIpc) is 3.02. The van der Waals surface area contributed by atoms with Gasteiger partial charge in [-0.25, -0.2) is 9.78 Å². The molecule has 8 heteroatoms. The number of imidazole rings is 1. The second-order valence-corrected chi connectivity index (χ2v) is 8.17. The van der Waals surface area contributed by atoms with Crippen LogP contribution in [0.2, 0.25) is 0 Å². The quantitative estimate of drug-likeness (QED) is 0.869. The molecule has 0 amide bonds. The number of nitrogens with zero attached hydrogens (tertiary/aromatic N) is 4. The topological polar surface area (TPSA) is 75.9 Å². The van der Waals surface area contributed by atoms with Gasteiger partial charge in [0.15, 0.2) is 5.65 Å². The van der Waals surface area contributed by atoms with Gasteiger partial charge in [-0.05, 0) is 12.8 Å². The molecule has 0 unspecified atom stereocenters. The van der Waals surface area contributed by atoms with Crippen molar-refractivity contribution in [3.8, 4) is 0 Å². The molecular formula is C16H23N5O2S. The number of hydrogen-bond donors (Lipinski definition) is 1. The standard InChI is InChI=1S/C16H23N5O2S/c1-19-14-13(15(22)20(2)16(19)23)17-12(18-14)9-21-7-8-24-11-6-4-3-5-10(11)21/h10-11H,3-9H2,1-2H3,(H,17,18)/t10-,11+/m1/s1. The minimum atomic E-state index is -0.340. The molecule has 130 valence electrons. The summed E-state index contributed by atoms with van der Waals surface area (Å²) in [6, 6.07) is 0.609. The zero-order valence-corrected chi connectivity index (χ0v) is 14.9. The van der Waals surface area contributed by atoms with E-state index in [1.54, 1.807) is 7.05 Å². The summed E-state index contributed by atoms with van der Waals surface area (Å²) >= 11 is 2.10. The molecule has 0 aromatic carbocycles. The van der Waals surface area contributed by atoms with E-state index in [0.29, 0.717) is 23.8 Å². The summed E-state index contributed by atoms with van der Waals surface area (Å²) < 4.78 is 2.56. The molecular weight excluding hydrogens is 326 g/mol. The maximum atomic E-state index is 12.3. The third kappa shape index (κ3) is 2.52. The van der Waals surface area contributed by atoms with E-state index in [1.807, 2.05) is 0 Å². The van der Waals surface area contributed by atoms with Crippen LogP contribution < -0.4 is 11.2 Å². The Labute approximate surface area is 144 Å². The second-order valence-electron chi connectivity index (χ2n) is 6.82. The first-order chi connectivity index (χ1) is 11.6. The van der Waals surface area contributed by atoms with Gasteiger partial charge >= 0.3 is 5.69 Å². The number of nitrogens with one attached hydrogen (secondary N) is 1. The molecule has 1 aliphatic heterocycles. The predicted octanol–water partition coefficient (Wildman–Crippen LogP) is 0.820. The summed E-state index contributed by atoms with van der Waals surface area (Å²) in [5.41, 5.74) is 0.217.